The van der Waals surface area contributed by atoms with Gasteiger partial charge in [-0.05, 0) is 12.1 Å². The smallest absolute Gasteiger partial charge is 0.271 e. The molecule has 0 spiro atoms. The maximum Gasteiger partial charge on any atom is 0.418 e. The van der Waals surface area contributed by atoms with Crippen molar-refractivity contribution in [1.29, 1.82) is 5.26 Å². The molecule has 4 nitrogen and oxygen atoms in total. The minimum atomic E-state index is -1.03. The quantitative estimate of drug-likeness (QED) is 0.497. The molecule has 0 amide bonds. The van der Waals surface area contributed by atoms with Crippen molar-refractivity contribution in [2.75, 3.05) is 0 Å². The summed E-state index contributed by atoms with van der Waals surface area (Å²) in [6, 6.07) is 10.7. The number of azo groups is 1. The van der Waals surface area contributed by atoms with Crippen LogP contribution in [0.15, 0.2) is 40.6 Å². The Morgan fingerprint density at radius 1 is 1.38 bits per heavy atom. The van der Waals surface area contributed by atoms with Crippen molar-refractivity contribution in [3.8, 4) is 6.07 Å². The van der Waals surface area contributed by atoms with Gasteiger partial charge in [-0.1, -0.05) is 23.3 Å². The number of hydrogen-bond acceptors (Lipinski definition) is 3. The normalized spacial score (nSPS) is 11.8. The lowest BCUT2D eigenvalue weighted by Gasteiger charge is -1.88. The van der Waals surface area contributed by atoms with Crippen LogP contribution in [-0.4, -0.2) is 6.17 Å². The highest BCUT2D eigenvalue weighted by Crippen LogP contribution is 2.11. The van der Waals surface area contributed by atoms with Gasteiger partial charge in [-0.25, -0.2) is 6.57 Å². The van der Waals surface area contributed by atoms with E-state index in [0.29, 0.717) is 5.69 Å². The Morgan fingerprint density at radius 2 is 2.08 bits per heavy atom. The molecule has 0 N–H and O–H groups in total. The summed E-state index contributed by atoms with van der Waals surface area (Å²) in [5.74, 6) is 0. The second-order valence-corrected chi connectivity index (χ2v) is 2.18. The molecule has 13 heavy (non-hydrogen) atoms. The fourth-order valence-corrected chi connectivity index (χ4v) is 0.697. The van der Waals surface area contributed by atoms with E-state index < -0.39 is 6.17 Å². The van der Waals surface area contributed by atoms with Gasteiger partial charge in [-0.15, -0.1) is 5.11 Å². The molecule has 1 aromatic carbocycles. The molecule has 1 atom stereocenters. The second-order valence-electron chi connectivity index (χ2n) is 2.18. The fourth-order valence-electron chi connectivity index (χ4n) is 0.697. The lowest BCUT2D eigenvalue weighted by atomic mass is 10.3. The molecule has 0 radical (unpaired) electrons. The first-order chi connectivity index (χ1) is 6.36. The van der Waals surface area contributed by atoms with Crippen LogP contribution in [0.5, 0.6) is 0 Å². The second kappa shape index (κ2) is 4.63. The first-order valence-corrected chi connectivity index (χ1v) is 3.59. The Kier molecular flexibility index (Phi) is 3.17. The third-order valence-corrected chi connectivity index (χ3v) is 1.28. The Balaban J connectivity index is 2.71. The Labute approximate surface area is 76.0 Å². The Bertz CT molecular complexity index is 355. The average Bonchev–Trinajstić information content (AvgIpc) is 2.21. The minimum absolute atomic E-state index is 0.645. The zero-order chi connectivity index (χ0) is 9.52. The number of nitrogens with zero attached hydrogens (tertiary/aromatic N) is 4. The maximum absolute atomic E-state index is 8.39. The van der Waals surface area contributed by atoms with Crippen molar-refractivity contribution < 1.29 is 0 Å². The summed E-state index contributed by atoms with van der Waals surface area (Å²) in [7, 11) is 0. The Hall–Kier alpha value is -2.20. The summed E-state index contributed by atoms with van der Waals surface area (Å²) in [6.07, 6.45) is -1.03. The number of hydrogen-bond donors (Lipinski definition) is 0. The van der Waals surface area contributed by atoms with E-state index in [1.165, 1.54) is 0 Å². The van der Waals surface area contributed by atoms with Crippen LogP contribution in [0.2, 0.25) is 0 Å². The van der Waals surface area contributed by atoms with Gasteiger partial charge < -0.3 is 0 Å². The van der Waals surface area contributed by atoms with Gasteiger partial charge in [0, 0.05) is 0 Å². The summed E-state index contributed by atoms with van der Waals surface area (Å²) >= 11 is 0. The van der Waals surface area contributed by atoms with Crippen molar-refractivity contribution in [3.63, 3.8) is 0 Å². The minimum Gasteiger partial charge on any atom is -0.271 e. The van der Waals surface area contributed by atoms with Gasteiger partial charge in [-0.2, -0.15) is 5.26 Å². The van der Waals surface area contributed by atoms with E-state index in [0.717, 1.165) is 0 Å². The molecular weight excluding hydrogens is 164 g/mol. The maximum atomic E-state index is 8.39. The lowest BCUT2D eigenvalue weighted by Crippen LogP contribution is -1.88. The molecular formula is C9H6N4. The average molecular weight is 170 g/mol. The molecule has 1 aromatic rings. The largest absolute Gasteiger partial charge is 0.418 e. The van der Waals surface area contributed by atoms with E-state index >= 15 is 0 Å². The zero-order valence-corrected chi connectivity index (χ0v) is 6.75. The van der Waals surface area contributed by atoms with Crippen LogP contribution in [-0.2, 0) is 0 Å². The molecule has 0 saturated heterocycles. The van der Waals surface area contributed by atoms with Crippen molar-refractivity contribution in [2.45, 2.75) is 6.17 Å². The summed E-state index contributed by atoms with van der Waals surface area (Å²) in [5, 5.41) is 15.7. The predicted octanol–water partition coefficient (Wildman–Crippen LogP) is 2.54. The molecule has 1 unspecified atom stereocenters. The van der Waals surface area contributed by atoms with Gasteiger partial charge >= 0.3 is 6.17 Å². The molecule has 0 aliphatic rings. The molecule has 0 aliphatic heterocycles. The molecule has 0 fully saturated rings. The van der Waals surface area contributed by atoms with E-state index in [1.54, 1.807) is 18.2 Å². The summed E-state index contributed by atoms with van der Waals surface area (Å²) in [5.41, 5.74) is 0.645. The van der Waals surface area contributed by atoms with Crippen molar-refractivity contribution in [1.82, 2.24) is 0 Å². The van der Waals surface area contributed by atoms with Crippen molar-refractivity contribution >= 4 is 5.69 Å². The molecule has 0 saturated carbocycles. The van der Waals surface area contributed by atoms with Crippen molar-refractivity contribution in [2.24, 2.45) is 10.2 Å². The highest BCUT2D eigenvalue weighted by atomic mass is 15.2. The summed E-state index contributed by atoms with van der Waals surface area (Å²) in [6.45, 7) is 6.57. The number of benzene rings is 1. The summed E-state index contributed by atoms with van der Waals surface area (Å²) < 4.78 is 0. The van der Waals surface area contributed by atoms with Crippen LogP contribution in [0.3, 0.4) is 0 Å². The van der Waals surface area contributed by atoms with Crippen LogP contribution < -0.4 is 0 Å². The SMILES string of the molecule is [C-]#[N+]C(C#N)N=Nc1ccccc1. The molecule has 0 aliphatic carbocycles. The standard InChI is InChI=1S/C9H6N4/c1-11-9(7-10)13-12-8-5-3-2-4-6-8/h2-6,9H. The third-order valence-electron chi connectivity index (χ3n) is 1.28. The first-order valence-electron chi connectivity index (χ1n) is 3.59. The fraction of sp³-hybridized carbons (Fsp3) is 0.111. The van der Waals surface area contributed by atoms with Gasteiger partial charge in [0.25, 0.3) is 0 Å². The van der Waals surface area contributed by atoms with E-state index in [1.807, 2.05) is 18.2 Å². The van der Waals surface area contributed by atoms with Gasteiger partial charge in [0.05, 0.1) is 5.69 Å². The summed E-state index contributed by atoms with van der Waals surface area (Å²) in [4.78, 5) is 2.95. The lowest BCUT2D eigenvalue weighted by molar-refractivity contribution is 0.934. The predicted molar refractivity (Wildman–Crippen MR) is 47.0 cm³/mol. The molecule has 1 rings (SSSR count). The zero-order valence-electron chi connectivity index (χ0n) is 6.75. The molecule has 0 bridgehead atoms. The topological polar surface area (TPSA) is 52.9 Å². The molecule has 62 valence electrons. The van der Waals surface area contributed by atoms with E-state index in [4.69, 9.17) is 11.8 Å². The monoisotopic (exact) mass is 170 g/mol. The third kappa shape index (κ3) is 2.72. The number of rotatable bonds is 2. The highest BCUT2D eigenvalue weighted by molar-refractivity contribution is 5.34. The van der Waals surface area contributed by atoms with Crippen LogP contribution in [0.1, 0.15) is 0 Å². The van der Waals surface area contributed by atoms with Gasteiger partial charge in [-0.3, -0.25) is 4.85 Å². The van der Waals surface area contributed by atoms with E-state index in [-0.39, 0.29) is 0 Å². The first kappa shape index (κ1) is 8.89. The van der Waals surface area contributed by atoms with E-state index in [2.05, 4.69) is 15.1 Å². The number of nitriles is 1. The van der Waals surface area contributed by atoms with Crippen LogP contribution in [0.4, 0.5) is 5.69 Å². The van der Waals surface area contributed by atoms with Gasteiger partial charge in [0.1, 0.15) is 0 Å². The van der Waals surface area contributed by atoms with Gasteiger partial charge in [0.15, 0.2) is 6.07 Å². The highest BCUT2D eigenvalue weighted by Gasteiger charge is 2.04. The van der Waals surface area contributed by atoms with E-state index in [9.17, 15) is 0 Å². The Morgan fingerprint density at radius 3 is 2.62 bits per heavy atom. The van der Waals surface area contributed by atoms with Crippen LogP contribution in [0.25, 0.3) is 4.85 Å². The van der Waals surface area contributed by atoms with Crippen molar-refractivity contribution in [3.05, 3.63) is 41.7 Å². The van der Waals surface area contributed by atoms with Crippen LogP contribution >= 0.6 is 0 Å². The van der Waals surface area contributed by atoms with Crippen LogP contribution in [0, 0.1) is 17.9 Å². The molecule has 4 heteroatoms. The molecule has 0 heterocycles. The molecule has 0 aromatic heterocycles. The van der Waals surface area contributed by atoms with Gasteiger partial charge in [0.2, 0.25) is 0 Å².